The van der Waals surface area contributed by atoms with Crippen LogP contribution in [0.5, 0.6) is 5.88 Å². The summed E-state index contributed by atoms with van der Waals surface area (Å²) < 4.78 is 0. The van der Waals surface area contributed by atoms with Crippen LogP contribution in [0.25, 0.3) is 0 Å². The molecule has 0 aliphatic heterocycles. The molecule has 0 saturated heterocycles. The number of thiazole rings is 1. The minimum absolute atomic E-state index is 0.0631. The fourth-order valence-corrected chi connectivity index (χ4v) is 2.35. The fourth-order valence-electron chi connectivity index (χ4n) is 1.28. The average Bonchev–Trinajstić information content (AvgIpc) is 2.50. The number of aromatic nitrogens is 1. The van der Waals surface area contributed by atoms with Crippen LogP contribution in [0.3, 0.4) is 0 Å². The van der Waals surface area contributed by atoms with Gasteiger partial charge in [0.2, 0.25) is 5.88 Å². The van der Waals surface area contributed by atoms with Gasteiger partial charge in [-0.05, 0) is 12.8 Å². The van der Waals surface area contributed by atoms with E-state index < -0.39 is 5.97 Å². The van der Waals surface area contributed by atoms with Gasteiger partial charge in [-0.1, -0.05) is 13.8 Å². The van der Waals surface area contributed by atoms with Gasteiger partial charge >= 0.3 is 5.97 Å². The highest BCUT2D eigenvalue weighted by molar-refractivity contribution is 7.14. The van der Waals surface area contributed by atoms with Crippen molar-refractivity contribution in [1.29, 1.82) is 0 Å². The highest BCUT2D eigenvalue weighted by atomic mass is 32.1. The first kappa shape index (κ1) is 11.0. The van der Waals surface area contributed by atoms with Gasteiger partial charge in [0.25, 0.3) is 0 Å². The number of hydrogen-bond donors (Lipinski definition) is 2. The van der Waals surface area contributed by atoms with Crippen LogP contribution in [-0.2, 0) is 0 Å². The minimum Gasteiger partial charge on any atom is -0.492 e. The van der Waals surface area contributed by atoms with Crippen LogP contribution in [0.4, 0.5) is 0 Å². The smallest absolute Gasteiger partial charge is 0.351 e. The van der Waals surface area contributed by atoms with Crippen molar-refractivity contribution in [3.05, 3.63) is 9.88 Å². The summed E-state index contributed by atoms with van der Waals surface area (Å²) in [5.74, 6) is -1.22. The van der Waals surface area contributed by atoms with Crippen molar-refractivity contribution in [3.63, 3.8) is 0 Å². The van der Waals surface area contributed by atoms with Crippen molar-refractivity contribution < 1.29 is 15.0 Å². The van der Waals surface area contributed by atoms with E-state index in [0.29, 0.717) is 5.01 Å². The van der Waals surface area contributed by atoms with E-state index in [1.807, 2.05) is 13.8 Å². The van der Waals surface area contributed by atoms with Crippen molar-refractivity contribution in [2.24, 2.45) is 0 Å². The van der Waals surface area contributed by atoms with Crippen LogP contribution in [0.2, 0.25) is 0 Å². The molecule has 5 heteroatoms. The SMILES string of the molecule is CCC(CC)c1nc(O)c(C(=O)O)s1. The topological polar surface area (TPSA) is 70.4 Å². The van der Waals surface area contributed by atoms with Gasteiger partial charge in [0, 0.05) is 5.92 Å². The Kier molecular flexibility index (Phi) is 3.46. The molecule has 1 rings (SSSR count). The van der Waals surface area contributed by atoms with Gasteiger partial charge < -0.3 is 10.2 Å². The van der Waals surface area contributed by atoms with Gasteiger partial charge in [0.15, 0.2) is 4.88 Å². The second kappa shape index (κ2) is 4.41. The third-order valence-electron chi connectivity index (χ3n) is 2.15. The van der Waals surface area contributed by atoms with Crippen LogP contribution in [-0.4, -0.2) is 21.2 Å². The van der Waals surface area contributed by atoms with E-state index in [2.05, 4.69) is 4.98 Å². The molecule has 0 amide bonds. The molecule has 0 atom stereocenters. The summed E-state index contributed by atoms with van der Waals surface area (Å²) in [6.45, 7) is 4.04. The van der Waals surface area contributed by atoms with Crippen molar-refractivity contribution >= 4 is 17.3 Å². The molecule has 0 aromatic carbocycles. The van der Waals surface area contributed by atoms with Gasteiger partial charge in [-0.25, -0.2) is 9.78 Å². The maximum Gasteiger partial charge on any atom is 0.351 e. The molecule has 0 unspecified atom stereocenters. The van der Waals surface area contributed by atoms with E-state index in [-0.39, 0.29) is 16.7 Å². The molecule has 2 N–H and O–H groups in total. The summed E-state index contributed by atoms with van der Waals surface area (Å²) in [5.41, 5.74) is 0. The second-order valence-corrected chi connectivity index (χ2v) is 4.05. The molecule has 0 fully saturated rings. The van der Waals surface area contributed by atoms with Crippen molar-refractivity contribution in [2.75, 3.05) is 0 Å². The quantitative estimate of drug-likeness (QED) is 0.809. The van der Waals surface area contributed by atoms with E-state index >= 15 is 0 Å². The molecule has 0 saturated carbocycles. The first-order valence-corrected chi connectivity index (χ1v) is 5.34. The number of rotatable bonds is 4. The number of nitrogens with zero attached hydrogens (tertiary/aromatic N) is 1. The van der Waals surface area contributed by atoms with E-state index in [0.717, 1.165) is 24.2 Å². The highest BCUT2D eigenvalue weighted by Crippen LogP contribution is 2.32. The minimum atomic E-state index is -1.11. The third-order valence-corrected chi connectivity index (χ3v) is 3.35. The molecule has 78 valence electrons. The first-order chi connectivity index (χ1) is 6.60. The predicted octanol–water partition coefficient (Wildman–Crippen LogP) is 2.45. The maximum atomic E-state index is 10.6. The van der Waals surface area contributed by atoms with Gasteiger partial charge in [-0.3, -0.25) is 0 Å². The molecule has 1 aromatic heterocycles. The number of aromatic carboxylic acids is 1. The third kappa shape index (κ3) is 2.04. The molecule has 0 aliphatic carbocycles. The summed E-state index contributed by atoms with van der Waals surface area (Å²) >= 11 is 1.06. The van der Waals surface area contributed by atoms with Crippen molar-refractivity contribution in [1.82, 2.24) is 4.98 Å². The Morgan fingerprint density at radius 1 is 1.50 bits per heavy atom. The van der Waals surface area contributed by atoms with Crippen molar-refractivity contribution in [2.45, 2.75) is 32.6 Å². The first-order valence-electron chi connectivity index (χ1n) is 4.53. The van der Waals surface area contributed by atoms with E-state index in [4.69, 9.17) is 5.11 Å². The molecule has 0 aliphatic rings. The number of carbonyl (C=O) groups is 1. The molecule has 0 radical (unpaired) electrons. The second-order valence-electron chi connectivity index (χ2n) is 3.02. The van der Waals surface area contributed by atoms with Gasteiger partial charge in [-0.15, -0.1) is 11.3 Å². The lowest BCUT2D eigenvalue weighted by Crippen LogP contribution is -1.93. The lowest BCUT2D eigenvalue weighted by molar-refractivity contribution is 0.0699. The largest absolute Gasteiger partial charge is 0.492 e. The standard InChI is InChI=1S/C9H13NO3S/c1-3-5(4-2)8-10-7(11)6(14-8)9(12)13/h5,11H,3-4H2,1-2H3,(H,12,13). The molecule has 4 nitrogen and oxygen atoms in total. The Balaban J connectivity index is 3.01. The van der Waals surface area contributed by atoms with Gasteiger partial charge in [-0.2, -0.15) is 0 Å². The van der Waals surface area contributed by atoms with Gasteiger partial charge in [0.05, 0.1) is 0 Å². The zero-order valence-electron chi connectivity index (χ0n) is 8.15. The maximum absolute atomic E-state index is 10.6. The van der Waals surface area contributed by atoms with E-state index in [9.17, 15) is 9.90 Å². The van der Waals surface area contributed by atoms with E-state index in [1.165, 1.54) is 0 Å². The average molecular weight is 215 g/mol. The lowest BCUT2D eigenvalue weighted by Gasteiger charge is -2.06. The Labute approximate surface area is 86.2 Å². The van der Waals surface area contributed by atoms with Crippen molar-refractivity contribution in [3.8, 4) is 5.88 Å². The number of carboxylic acid groups (broad SMARTS) is 1. The summed E-state index contributed by atoms with van der Waals surface area (Å²) in [5, 5.41) is 18.7. The summed E-state index contributed by atoms with van der Waals surface area (Å²) in [4.78, 5) is 14.4. The van der Waals surface area contributed by atoms with Gasteiger partial charge in [0.1, 0.15) is 5.01 Å². The monoisotopic (exact) mass is 215 g/mol. The Morgan fingerprint density at radius 3 is 2.43 bits per heavy atom. The molecular formula is C9H13NO3S. The molecule has 0 bridgehead atoms. The summed E-state index contributed by atoms with van der Waals surface area (Å²) in [6, 6.07) is 0. The molecular weight excluding hydrogens is 202 g/mol. The van der Waals surface area contributed by atoms with E-state index in [1.54, 1.807) is 0 Å². The zero-order valence-corrected chi connectivity index (χ0v) is 8.97. The van der Waals surface area contributed by atoms with Crippen LogP contribution in [0.1, 0.15) is 47.3 Å². The molecule has 14 heavy (non-hydrogen) atoms. The number of aromatic hydroxyl groups is 1. The molecule has 1 aromatic rings. The Hall–Kier alpha value is -1.10. The van der Waals surface area contributed by atoms with Crippen LogP contribution < -0.4 is 0 Å². The van der Waals surface area contributed by atoms with Crippen LogP contribution in [0.15, 0.2) is 0 Å². The molecule has 1 heterocycles. The normalized spacial score (nSPS) is 10.8. The fraction of sp³-hybridized carbons (Fsp3) is 0.556. The highest BCUT2D eigenvalue weighted by Gasteiger charge is 2.20. The lowest BCUT2D eigenvalue weighted by atomic mass is 10.1. The predicted molar refractivity (Wildman–Crippen MR) is 54.1 cm³/mol. The Bertz CT molecular complexity index is 331. The zero-order chi connectivity index (χ0) is 10.7. The number of carboxylic acids is 1. The number of hydrogen-bond acceptors (Lipinski definition) is 4. The van der Waals surface area contributed by atoms with Crippen LogP contribution >= 0.6 is 11.3 Å². The summed E-state index contributed by atoms with van der Waals surface area (Å²) in [6.07, 6.45) is 1.81. The van der Waals surface area contributed by atoms with Crippen LogP contribution in [0, 0.1) is 0 Å². The Morgan fingerprint density at radius 2 is 2.07 bits per heavy atom. The molecule has 0 spiro atoms. The summed E-state index contributed by atoms with van der Waals surface area (Å²) in [7, 11) is 0.